The number of amides is 1. The molecule has 0 saturated carbocycles. The van der Waals surface area contributed by atoms with Gasteiger partial charge < -0.3 is 5.32 Å². The molecule has 0 atom stereocenters. The van der Waals surface area contributed by atoms with Crippen molar-refractivity contribution in [3.05, 3.63) is 46.3 Å². The molecule has 4 heteroatoms. The average molecular weight is 255 g/mol. The minimum Gasteiger partial charge on any atom is -0.322 e. The summed E-state index contributed by atoms with van der Waals surface area (Å²) in [5.74, 6) is -0.0957. The van der Waals surface area contributed by atoms with Crippen molar-refractivity contribution >= 4 is 11.6 Å². The highest BCUT2D eigenvalue weighted by Gasteiger charge is 2.16. The number of aromatic nitrogens is 2. The van der Waals surface area contributed by atoms with Gasteiger partial charge in [0.1, 0.15) is 0 Å². The number of aryl methyl sites for hydroxylation is 4. The molecule has 0 fully saturated rings. The molecular weight excluding hydrogens is 238 g/mol. The lowest BCUT2D eigenvalue weighted by molar-refractivity contribution is 0.102. The lowest BCUT2D eigenvalue weighted by atomic mass is 10.1. The van der Waals surface area contributed by atoms with Crippen LogP contribution >= 0.6 is 0 Å². The standard InChI is InChI=1S/C15H17N3O/c1-9-14(10(2)18-17-9)15(19)16-13-7-6-11-4-3-5-12(11)8-13/h6-8H,3-5H2,1-2H3,(H,16,19)(H,17,18). The largest absolute Gasteiger partial charge is 0.322 e. The van der Waals surface area contributed by atoms with Crippen molar-refractivity contribution in [2.45, 2.75) is 33.1 Å². The topological polar surface area (TPSA) is 57.8 Å². The van der Waals surface area contributed by atoms with Gasteiger partial charge in [0.05, 0.1) is 11.3 Å². The quantitative estimate of drug-likeness (QED) is 0.867. The predicted molar refractivity (Wildman–Crippen MR) is 74.5 cm³/mol. The molecule has 0 radical (unpaired) electrons. The molecule has 0 spiro atoms. The smallest absolute Gasteiger partial charge is 0.259 e. The van der Waals surface area contributed by atoms with Gasteiger partial charge in [0.25, 0.3) is 5.91 Å². The van der Waals surface area contributed by atoms with Crippen LogP contribution in [0.15, 0.2) is 18.2 Å². The first-order valence-corrected chi connectivity index (χ1v) is 6.60. The third kappa shape index (κ3) is 2.14. The molecule has 1 aromatic carbocycles. The van der Waals surface area contributed by atoms with Gasteiger partial charge in [-0.3, -0.25) is 9.89 Å². The Morgan fingerprint density at radius 3 is 2.79 bits per heavy atom. The summed E-state index contributed by atoms with van der Waals surface area (Å²) in [6.07, 6.45) is 3.49. The van der Waals surface area contributed by atoms with Gasteiger partial charge in [0, 0.05) is 11.4 Å². The van der Waals surface area contributed by atoms with Crippen LogP contribution in [0.4, 0.5) is 5.69 Å². The highest BCUT2D eigenvalue weighted by atomic mass is 16.1. The minimum atomic E-state index is -0.0957. The van der Waals surface area contributed by atoms with Gasteiger partial charge in [-0.15, -0.1) is 0 Å². The number of fused-ring (bicyclic) bond motifs is 1. The zero-order valence-electron chi connectivity index (χ0n) is 11.2. The Bertz CT molecular complexity index is 623. The number of rotatable bonds is 2. The average Bonchev–Trinajstić information content (AvgIpc) is 2.95. The summed E-state index contributed by atoms with van der Waals surface area (Å²) in [6, 6.07) is 6.19. The number of carbonyl (C=O) groups excluding carboxylic acids is 1. The highest BCUT2D eigenvalue weighted by Crippen LogP contribution is 2.25. The minimum absolute atomic E-state index is 0.0957. The van der Waals surface area contributed by atoms with Crippen LogP contribution in [0.1, 0.15) is 39.3 Å². The van der Waals surface area contributed by atoms with Crippen molar-refractivity contribution in [2.75, 3.05) is 5.32 Å². The molecule has 19 heavy (non-hydrogen) atoms. The fourth-order valence-corrected chi connectivity index (χ4v) is 2.73. The molecule has 1 aromatic heterocycles. The molecule has 1 aliphatic rings. The van der Waals surface area contributed by atoms with E-state index < -0.39 is 0 Å². The third-order valence-electron chi connectivity index (χ3n) is 3.71. The van der Waals surface area contributed by atoms with Crippen molar-refractivity contribution in [3.8, 4) is 0 Å². The summed E-state index contributed by atoms with van der Waals surface area (Å²) in [4.78, 5) is 12.2. The zero-order valence-corrected chi connectivity index (χ0v) is 11.2. The fraction of sp³-hybridized carbons (Fsp3) is 0.333. The summed E-state index contributed by atoms with van der Waals surface area (Å²) in [5, 5.41) is 9.84. The lowest BCUT2D eigenvalue weighted by Gasteiger charge is -2.07. The van der Waals surface area contributed by atoms with E-state index in [0.717, 1.165) is 29.9 Å². The maximum atomic E-state index is 12.2. The molecule has 0 saturated heterocycles. The van der Waals surface area contributed by atoms with Crippen LogP contribution < -0.4 is 5.32 Å². The van der Waals surface area contributed by atoms with Gasteiger partial charge in [0.2, 0.25) is 0 Å². The van der Waals surface area contributed by atoms with E-state index in [1.165, 1.54) is 17.5 Å². The number of H-pyrrole nitrogens is 1. The van der Waals surface area contributed by atoms with Crippen LogP contribution in [0.2, 0.25) is 0 Å². The van der Waals surface area contributed by atoms with E-state index in [2.05, 4.69) is 27.6 Å². The van der Waals surface area contributed by atoms with E-state index in [0.29, 0.717) is 5.56 Å². The van der Waals surface area contributed by atoms with Crippen LogP contribution in [-0.4, -0.2) is 16.1 Å². The first-order valence-electron chi connectivity index (χ1n) is 6.60. The van der Waals surface area contributed by atoms with Gasteiger partial charge >= 0.3 is 0 Å². The van der Waals surface area contributed by atoms with Gasteiger partial charge in [-0.1, -0.05) is 6.07 Å². The lowest BCUT2D eigenvalue weighted by Crippen LogP contribution is -2.13. The van der Waals surface area contributed by atoms with E-state index in [1.807, 2.05) is 19.9 Å². The molecular formula is C15H17N3O. The van der Waals surface area contributed by atoms with Crippen molar-refractivity contribution in [3.63, 3.8) is 0 Å². The number of anilines is 1. The summed E-state index contributed by atoms with van der Waals surface area (Å²) in [7, 11) is 0. The third-order valence-corrected chi connectivity index (χ3v) is 3.71. The molecule has 2 aromatic rings. The highest BCUT2D eigenvalue weighted by molar-refractivity contribution is 6.05. The molecule has 3 rings (SSSR count). The molecule has 2 N–H and O–H groups in total. The number of nitrogens with zero attached hydrogens (tertiary/aromatic N) is 1. The monoisotopic (exact) mass is 255 g/mol. The predicted octanol–water partition coefficient (Wildman–Crippen LogP) is 2.77. The summed E-state index contributed by atoms with van der Waals surface area (Å²) < 4.78 is 0. The number of hydrogen-bond acceptors (Lipinski definition) is 2. The van der Waals surface area contributed by atoms with Crippen LogP contribution in [0, 0.1) is 13.8 Å². The molecule has 1 aliphatic carbocycles. The normalized spacial score (nSPS) is 13.4. The molecule has 98 valence electrons. The Labute approximate surface area is 112 Å². The van der Waals surface area contributed by atoms with Crippen LogP contribution in [0.5, 0.6) is 0 Å². The Morgan fingerprint density at radius 1 is 1.26 bits per heavy atom. The maximum Gasteiger partial charge on any atom is 0.259 e. The maximum absolute atomic E-state index is 12.2. The second kappa shape index (κ2) is 4.53. The summed E-state index contributed by atoms with van der Waals surface area (Å²) in [6.45, 7) is 3.69. The van der Waals surface area contributed by atoms with E-state index in [9.17, 15) is 4.79 Å². The van der Waals surface area contributed by atoms with Crippen molar-refractivity contribution in [1.82, 2.24) is 10.2 Å². The Kier molecular flexibility index (Phi) is 2.85. The number of hydrogen-bond donors (Lipinski definition) is 2. The molecule has 0 aliphatic heterocycles. The van der Waals surface area contributed by atoms with Gasteiger partial charge in [-0.2, -0.15) is 5.10 Å². The zero-order chi connectivity index (χ0) is 13.4. The number of carbonyl (C=O) groups is 1. The Morgan fingerprint density at radius 2 is 2.05 bits per heavy atom. The Hall–Kier alpha value is -2.10. The van der Waals surface area contributed by atoms with Crippen molar-refractivity contribution < 1.29 is 4.79 Å². The van der Waals surface area contributed by atoms with Crippen LogP contribution in [0.3, 0.4) is 0 Å². The molecule has 1 amide bonds. The first kappa shape index (κ1) is 12.0. The Balaban J connectivity index is 1.84. The number of aromatic amines is 1. The van der Waals surface area contributed by atoms with Crippen molar-refractivity contribution in [1.29, 1.82) is 0 Å². The number of benzene rings is 1. The van der Waals surface area contributed by atoms with E-state index in [4.69, 9.17) is 0 Å². The van der Waals surface area contributed by atoms with Gasteiger partial charge in [-0.05, 0) is 56.4 Å². The van der Waals surface area contributed by atoms with Gasteiger partial charge in [0.15, 0.2) is 0 Å². The summed E-state index contributed by atoms with van der Waals surface area (Å²) in [5.41, 5.74) is 5.81. The first-order chi connectivity index (χ1) is 9.15. The molecule has 4 nitrogen and oxygen atoms in total. The molecule has 0 bridgehead atoms. The molecule has 0 unspecified atom stereocenters. The van der Waals surface area contributed by atoms with Gasteiger partial charge in [-0.25, -0.2) is 0 Å². The SMILES string of the molecule is Cc1n[nH]c(C)c1C(=O)Nc1ccc2c(c1)CCC2. The van der Waals surface area contributed by atoms with E-state index in [-0.39, 0.29) is 5.91 Å². The molecule has 1 heterocycles. The summed E-state index contributed by atoms with van der Waals surface area (Å²) >= 11 is 0. The van der Waals surface area contributed by atoms with E-state index in [1.54, 1.807) is 0 Å². The number of nitrogens with one attached hydrogen (secondary N) is 2. The van der Waals surface area contributed by atoms with Crippen LogP contribution in [0.25, 0.3) is 0 Å². The van der Waals surface area contributed by atoms with Crippen molar-refractivity contribution in [2.24, 2.45) is 0 Å². The fourth-order valence-electron chi connectivity index (χ4n) is 2.73. The van der Waals surface area contributed by atoms with E-state index >= 15 is 0 Å². The van der Waals surface area contributed by atoms with Crippen LogP contribution in [-0.2, 0) is 12.8 Å². The second-order valence-electron chi connectivity index (χ2n) is 5.10. The second-order valence-corrected chi connectivity index (χ2v) is 5.10.